The number of hydrogen-bond donors (Lipinski definition) is 2. The average molecular weight is 1030 g/mol. The van der Waals surface area contributed by atoms with E-state index in [0.29, 0.717) is 13.2 Å². The van der Waals surface area contributed by atoms with E-state index < -0.39 is 0 Å². The molecule has 398 valence electrons. The van der Waals surface area contributed by atoms with Gasteiger partial charge in [0.05, 0.1) is 11.4 Å². The van der Waals surface area contributed by atoms with Crippen LogP contribution in [-0.4, -0.2) is 81.6 Å². The van der Waals surface area contributed by atoms with E-state index in [9.17, 15) is 10.2 Å². The monoisotopic (exact) mass is 1030 g/mol. The molecule has 0 spiro atoms. The van der Waals surface area contributed by atoms with Crippen molar-refractivity contribution in [2.45, 2.75) is 91.8 Å². The lowest BCUT2D eigenvalue weighted by atomic mass is 10.1. The van der Waals surface area contributed by atoms with Crippen LogP contribution in [0.15, 0.2) is 164 Å². The number of nitrogens with zero attached hydrogens (tertiary/aromatic N) is 4. The molecule has 2 aromatic heterocycles. The normalized spacial score (nSPS) is 14.4. The van der Waals surface area contributed by atoms with E-state index in [1.54, 1.807) is 18.2 Å². The van der Waals surface area contributed by atoms with Gasteiger partial charge in [-0.15, -0.1) is 0 Å². The zero-order chi connectivity index (χ0) is 52.9. The van der Waals surface area contributed by atoms with Crippen molar-refractivity contribution in [2.75, 3.05) is 52.5 Å². The Morgan fingerprint density at radius 1 is 0.403 bits per heavy atom. The molecule has 9 nitrogen and oxygen atoms in total. The molecule has 9 heteroatoms. The fraction of sp³-hybridized carbons (Fsp3) is 0.324. The molecule has 4 heterocycles. The SMILES string of the molecule is Cc1c(-c2ccc(O)cc2)n(Cc2ccc(OCCN3CCCCCC3)cc2)c2ccc(O)cc12.Cc1ccc2c(c1)c(C)c(-c1ccc(OCc3ccccc3)cc1)n2Cc1ccc(OCCN2CCCCCC2)cc1. The predicted molar refractivity (Wildman–Crippen MR) is 315 cm³/mol. The topological polar surface area (TPSA) is 84.5 Å². The van der Waals surface area contributed by atoms with Crippen molar-refractivity contribution < 1.29 is 24.4 Å². The molecule has 0 aliphatic carbocycles. The molecule has 2 aliphatic rings. The molecule has 0 amide bonds. The van der Waals surface area contributed by atoms with E-state index in [4.69, 9.17) is 14.2 Å². The first-order valence-corrected chi connectivity index (χ1v) is 28.1. The molecular weight excluding hydrogens is 953 g/mol. The van der Waals surface area contributed by atoms with Gasteiger partial charge in [0, 0.05) is 48.0 Å². The summed E-state index contributed by atoms with van der Waals surface area (Å²) in [4.78, 5) is 5.07. The minimum Gasteiger partial charge on any atom is -0.508 e. The summed E-state index contributed by atoms with van der Waals surface area (Å²) in [6.45, 7) is 16.8. The lowest BCUT2D eigenvalue weighted by molar-refractivity contribution is 0.214. The van der Waals surface area contributed by atoms with Crippen LogP contribution in [0.4, 0.5) is 0 Å². The van der Waals surface area contributed by atoms with Gasteiger partial charge in [0.15, 0.2) is 0 Å². The summed E-state index contributed by atoms with van der Waals surface area (Å²) in [5.74, 6) is 3.24. The third-order valence-corrected chi connectivity index (χ3v) is 15.6. The molecule has 0 bridgehead atoms. The van der Waals surface area contributed by atoms with Gasteiger partial charge in [-0.2, -0.15) is 0 Å². The molecule has 7 aromatic carbocycles. The van der Waals surface area contributed by atoms with E-state index in [0.717, 1.165) is 77.8 Å². The maximum absolute atomic E-state index is 10.1. The van der Waals surface area contributed by atoms with E-state index in [1.165, 1.54) is 128 Å². The highest BCUT2D eigenvalue weighted by Gasteiger charge is 2.19. The highest BCUT2D eigenvalue weighted by molar-refractivity contribution is 5.93. The second-order valence-electron chi connectivity index (χ2n) is 21.2. The van der Waals surface area contributed by atoms with Crippen LogP contribution in [0, 0.1) is 20.8 Å². The lowest BCUT2D eigenvalue weighted by Gasteiger charge is -2.19. The molecule has 11 rings (SSSR count). The fourth-order valence-corrected chi connectivity index (χ4v) is 11.3. The van der Waals surface area contributed by atoms with Crippen LogP contribution in [-0.2, 0) is 19.7 Å². The Labute approximate surface area is 455 Å². The van der Waals surface area contributed by atoms with Crippen LogP contribution >= 0.6 is 0 Å². The lowest BCUT2D eigenvalue weighted by Crippen LogP contribution is -2.29. The van der Waals surface area contributed by atoms with Crippen LogP contribution in [0.25, 0.3) is 44.3 Å². The molecule has 0 unspecified atom stereocenters. The summed E-state index contributed by atoms with van der Waals surface area (Å²) in [5, 5.41) is 22.2. The summed E-state index contributed by atoms with van der Waals surface area (Å²) in [5.41, 5.74) is 14.2. The van der Waals surface area contributed by atoms with E-state index in [2.05, 4.69) is 143 Å². The smallest absolute Gasteiger partial charge is 0.119 e. The average Bonchev–Trinajstić information content (AvgIpc) is 3.70. The summed E-state index contributed by atoms with van der Waals surface area (Å²) < 4.78 is 23.0. The molecule has 2 saturated heterocycles. The standard InChI is InChI=1S/C38H42N2O2.C30H34N2O3/c1-29-12-21-37-36(26-29)30(2)38(33-15-19-35(20-16-33)42-28-32-10-6-5-7-11-32)40(37)27-31-13-17-34(18-14-31)41-25-24-39-22-8-3-4-9-23-39;1-22-28-20-26(34)12-15-29(28)32(30(22)24-8-10-25(33)11-9-24)21-23-6-13-27(14-7-23)35-19-18-31-16-4-2-3-5-17-31/h5-7,10-21,26H,3-4,8-9,22-25,27-28H2,1-2H3;6-15,20,33-34H,2-5,16-19,21H2,1H3. The predicted octanol–water partition coefficient (Wildman–Crippen LogP) is 15.1. The van der Waals surface area contributed by atoms with Crippen molar-refractivity contribution in [3.8, 4) is 51.3 Å². The molecule has 0 radical (unpaired) electrons. The fourth-order valence-electron chi connectivity index (χ4n) is 11.3. The maximum atomic E-state index is 10.1. The first kappa shape index (κ1) is 53.0. The number of benzene rings is 7. The number of aromatic hydroxyl groups is 2. The summed E-state index contributed by atoms with van der Waals surface area (Å²) in [6.07, 6.45) is 10.7. The van der Waals surface area contributed by atoms with Gasteiger partial charge in [0.25, 0.3) is 0 Å². The van der Waals surface area contributed by atoms with E-state index in [-0.39, 0.29) is 11.5 Å². The molecule has 9 aromatic rings. The molecule has 2 N–H and O–H groups in total. The number of likely N-dealkylation sites (tertiary alicyclic amines) is 2. The third-order valence-electron chi connectivity index (χ3n) is 15.6. The molecule has 2 aliphatic heterocycles. The Morgan fingerprint density at radius 3 is 1.34 bits per heavy atom. The number of ether oxygens (including phenoxy) is 3. The summed E-state index contributed by atoms with van der Waals surface area (Å²) >= 11 is 0. The van der Waals surface area contributed by atoms with Crippen LogP contribution in [0.1, 0.15) is 84.7 Å². The quantitative estimate of drug-likeness (QED) is 0.0940. The first-order chi connectivity index (χ1) is 37.7. The Morgan fingerprint density at radius 2 is 0.831 bits per heavy atom. The number of fused-ring (bicyclic) bond motifs is 2. The van der Waals surface area contributed by atoms with Gasteiger partial charge in [-0.05, 0) is 215 Å². The molecule has 77 heavy (non-hydrogen) atoms. The van der Waals surface area contributed by atoms with Crippen molar-refractivity contribution in [3.05, 3.63) is 197 Å². The van der Waals surface area contributed by atoms with Gasteiger partial charge in [0.1, 0.15) is 48.6 Å². The van der Waals surface area contributed by atoms with Gasteiger partial charge in [-0.25, -0.2) is 0 Å². The summed E-state index contributed by atoms with van der Waals surface area (Å²) in [6, 6.07) is 55.5. The van der Waals surface area contributed by atoms with Gasteiger partial charge in [0.2, 0.25) is 0 Å². The van der Waals surface area contributed by atoms with Gasteiger partial charge in [-0.1, -0.05) is 91.9 Å². The van der Waals surface area contributed by atoms with Gasteiger partial charge in [-0.3, -0.25) is 9.80 Å². The van der Waals surface area contributed by atoms with Gasteiger partial charge >= 0.3 is 0 Å². The number of hydrogen-bond acceptors (Lipinski definition) is 7. The van der Waals surface area contributed by atoms with E-state index >= 15 is 0 Å². The number of rotatable bonds is 17. The second kappa shape index (κ2) is 25.6. The molecule has 0 atom stereocenters. The summed E-state index contributed by atoms with van der Waals surface area (Å²) in [7, 11) is 0. The largest absolute Gasteiger partial charge is 0.508 e. The third kappa shape index (κ3) is 13.6. The Kier molecular flexibility index (Phi) is 17.6. The number of aryl methyl sites for hydroxylation is 3. The van der Waals surface area contributed by atoms with Crippen LogP contribution < -0.4 is 14.2 Å². The Hall–Kier alpha value is -7.46. The number of phenolic OH excluding ortho intramolecular Hbond substituents is 2. The zero-order valence-corrected chi connectivity index (χ0v) is 45.4. The van der Waals surface area contributed by atoms with Crippen molar-refractivity contribution in [3.63, 3.8) is 0 Å². The minimum absolute atomic E-state index is 0.248. The second-order valence-corrected chi connectivity index (χ2v) is 21.2. The highest BCUT2D eigenvalue weighted by atomic mass is 16.5. The van der Waals surface area contributed by atoms with Crippen molar-refractivity contribution in [1.82, 2.24) is 18.9 Å². The van der Waals surface area contributed by atoms with Crippen molar-refractivity contribution >= 4 is 21.8 Å². The number of phenols is 2. The Bertz CT molecular complexity index is 3290. The maximum Gasteiger partial charge on any atom is 0.119 e. The molecular formula is C68H76N4O5. The molecule has 0 saturated carbocycles. The van der Waals surface area contributed by atoms with E-state index in [1.807, 2.05) is 42.5 Å². The highest BCUT2D eigenvalue weighted by Crippen LogP contribution is 2.38. The molecule has 2 fully saturated rings. The van der Waals surface area contributed by atoms with Crippen molar-refractivity contribution in [1.29, 1.82) is 0 Å². The van der Waals surface area contributed by atoms with Gasteiger partial charge < -0.3 is 33.6 Å². The van der Waals surface area contributed by atoms with Crippen molar-refractivity contribution in [2.24, 2.45) is 0 Å². The van der Waals surface area contributed by atoms with Crippen LogP contribution in [0.5, 0.6) is 28.7 Å². The van der Waals surface area contributed by atoms with Crippen LogP contribution in [0.3, 0.4) is 0 Å². The zero-order valence-electron chi connectivity index (χ0n) is 45.4. The van der Waals surface area contributed by atoms with Crippen LogP contribution in [0.2, 0.25) is 0 Å². The number of aromatic nitrogens is 2. The Balaban J connectivity index is 0.000000178. The minimum atomic E-state index is 0.248. The first-order valence-electron chi connectivity index (χ1n) is 28.1.